The molecule has 1 atom stereocenters. The van der Waals surface area contributed by atoms with Crippen molar-refractivity contribution >= 4 is 12.0 Å². The van der Waals surface area contributed by atoms with E-state index in [4.69, 9.17) is 9.15 Å². The number of likely N-dealkylation sites (tertiary alicyclic amines) is 1. The van der Waals surface area contributed by atoms with Crippen molar-refractivity contribution in [3.63, 3.8) is 0 Å². The van der Waals surface area contributed by atoms with Crippen LogP contribution in [-0.2, 0) is 16.0 Å². The van der Waals surface area contributed by atoms with Crippen molar-refractivity contribution in [3.8, 4) is 0 Å². The van der Waals surface area contributed by atoms with Crippen molar-refractivity contribution in [2.75, 3.05) is 19.6 Å². The van der Waals surface area contributed by atoms with E-state index in [9.17, 15) is 9.59 Å². The minimum absolute atomic E-state index is 0.0140. The number of hydrogen-bond donors (Lipinski definition) is 1. The topological polar surface area (TPSA) is 71.8 Å². The van der Waals surface area contributed by atoms with Crippen molar-refractivity contribution in [3.05, 3.63) is 24.2 Å². The summed E-state index contributed by atoms with van der Waals surface area (Å²) >= 11 is 0. The molecule has 1 N–H and O–H groups in total. The number of furan rings is 1. The van der Waals surface area contributed by atoms with Crippen LogP contribution >= 0.6 is 0 Å². The molecule has 1 fully saturated rings. The van der Waals surface area contributed by atoms with Crippen LogP contribution in [0.5, 0.6) is 0 Å². The molecule has 0 unspecified atom stereocenters. The maximum Gasteiger partial charge on any atom is 0.410 e. The number of carbonyl (C=O) groups is 2. The zero-order valence-corrected chi connectivity index (χ0v) is 16.6. The third-order valence-electron chi connectivity index (χ3n) is 4.92. The molecule has 1 aromatic heterocycles. The third kappa shape index (κ3) is 5.51. The monoisotopic (exact) mass is 364 g/mol. The quantitative estimate of drug-likeness (QED) is 0.866. The molecule has 0 bridgehead atoms. The van der Waals surface area contributed by atoms with Gasteiger partial charge in [-0.15, -0.1) is 0 Å². The van der Waals surface area contributed by atoms with Gasteiger partial charge < -0.3 is 19.4 Å². The summed E-state index contributed by atoms with van der Waals surface area (Å²) in [4.78, 5) is 26.8. The average molecular weight is 364 g/mol. The van der Waals surface area contributed by atoms with Gasteiger partial charge in [0, 0.05) is 31.5 Å². The lowest BCUT2D eigenvalue weighted by atomic mass is 9.74. The molecule has 2 heterocycles. The van der Waals surface area contributed by atoms with Gasteiger partial charge in [0.15, 0.2) is 0 Å². The third-order valence-corrected chi connectivity index (χ3v) is 4.92. The summed E-state index contributed by atoms with van der Waals surface area (Å²) in [7, 11) is 0. The second-order valence-electron chi connectivity index (χ2n) is 8.57. The minimum atomic E-state index is -0.552. The van der Waals surface area contributed by atoms with Crippen LogP contribution in [0.2, 0.25) is 0 Å². The molecule has 26 heavy (non-hydrogen) atoms. The van der Waals surface area contributed by atoms with Gasteiger partial charge in [-0.1, -0.05) is 13.8 Å². The Hall–Kier alpha value is -1.98. The number of rotatable bonds is 5. The molecule has 6 heteroatoms. The first kappa shape index (κ1) is 20.3. The summed E-state index contributed by atoms with van der Waals surface area (Å²) in [6.07, 6.45) is 3.82. The molecule has 1 aliphatic rings. The Labute approximate surface area is 156 Å². The molecule has 6 nitrogen and oxygen atoms in total. The standard InChI is InChI=1S/C20H32N2O4/c1-19(2,3)26-18(24)22-12-6-8-15(14-22)20(4,5)17(23)21-11-10-16-9-7-13-25-16/h7,9,13,15H,6,8,10-12,14H2,1-5H3,(H,21,23)/t15-/m0/s1. The van der Waals surface area contributed by atoms with Crippen LogP contribution in [0.15, 0.2) is 22.8 Å². The van der Waals surface area contributed by atoms with Crippen LogP contribution in [0, 0.1) is 11.3 Å². The normalized spacial score (nSPS) is 18.5. The van der Waals surface area contributed by atoms with Gasteiger partial charge in [0.2, 0.25) is 5.91 Å². The fraction of sp³-hybridized carbons (Fsp3) is 0.700. The highest BCUT2D eigenvalue weighted by Gasteiger charge is 2.40. The fourth-order valence-corrected chi connectivity index (χ4v) is 3.23. The van der Waals surface area contributed by atoms with E-state index in [1.54, 1.807) is 11.2 Å². The zero-order chi connectivity index (χ0) is 19.4. The smallest absolute Gasteiger partial charge is 0.410 e. The first-order valence-electron chi connectivity index (χ1n) is 9.38. The number of carbonyl (C=O) groups excluding carboxylic acids is 2. The summed E-state index contributed by atoms with van der Waals surface area (Å²) in [5.74, 6) is 0.976. The molecule has 1 aliphatic heterocycles. The molecule has 2 rings (SSSR count). The summed E-state index contributed by atoms with van der Waals surface area (Å²) in [6.45, 7) is 11.3. The SMILES string of the molecule is CC(C)(C)OC(=O)N1CCC[C@H](C(C)(C)C(=O)NCCc2ccco2)C1. The Morgan fingerprint density at radius 1 is 1.31 bits per heavy atom. The van der Waals surface area contributed by atoms with E-state index in [1.165, 1.54) is 0 Å². The fourth-order valence-electron chi connectivity index (χ4n) is 3.23. The highest BCUT2D eigenvalue weighted by atomic mass is 16.6. The molecule has 1 aromatic rings. The number of piperidine rings is 1. The summed E-state index contributed by atoms with van der Waals surface area (Å²) in [6, 6.07) is 3.74. The van der Waals surface area contributed by atoms with Crippen LogP contribution in [0.1, 0.15) is 53.2 Å². The first-order valence-corrected chi connectivity index (χ1v) is 9.38. The van der Waals surface area contributed by atoms with Gasteiger partial charge in [0.05, 0.1) is 6.26 Å². The van der Waals surface area contributed by atoms with E-state index in [1.807, 2.05) is 46.8 Å². The van der Waals surface area contributed by atoms with Gasteiger partial charge in [0.25, 0.3) is 0 Å². The molecule has 0 saturated carbocycles. The maximum atomic E-state index is 12.7. The Morgan fingerprint density at radius 2 is 2.04 bits per heavy atom. The van der Waals surface area contributed by atoms with E-state index in [-0.39, 0.29) is 17.9 Å². The highest BCUT2D eigenvalue weighted by Crippen LogP contribution is 2.34. The van der Waals surface area contributed by atoms with Crippen LogP contribution in [0.4, 0.5) is 4.79 Å². The number of hydrogen-bond acceptors (Lipinski definition) is 4. The largest absolute Gasteiger partial charge is 0.469 e. The molecular formula is C20H32N2O4. The summed E-state index contributed by atoms with van der Waals surface area (Å²) in [5.41, 5.74) is -1.06. The van der Waals surface area contributed by atoms with Crippen molar-refractivity contribution in [2.45, 2.75) is 59.5 Å². The van der Waals surface area contributed by atoms with E-state index in [0.29, 0.717) is 26.1 Å². The van der Waals surface area contributed by atoms with Crippen LogP contribution < -0.4 is 5.32 Å². The Bertz CT molecular complexity index is 602. The molecule has 0 spiro atoms. The Kier molecular flexibility index (Phi) is 6.37. The van der Waals surface area contributed by atoms with Crippen molar-refractivity contribution < 1.29 is 18.7 Å². The van der Waals surface area contributed by atoms with Crippen LogP contribution in [0.25, 0.3) is 0 Å². The van der Waals surface area contributed by atoms with E-state index in [0.717, 1.165) is 18.6 Å². The van der Waals surface area contributed by atoms with Crippen LogP contribution in [-0.4, -0.2) is 42.1 Å². The molecule has 2 amide bonds. The van der Waals surface area contributed by atoms with Gasteiger partial charge in [-0.3, -0.25) is 4.79 Å². The van der Waals surface area contributed by atoms with Gasteiger partial charge in [-0.25, -0.2) is 4.79 Å². The Morgan fingerprint density at radius 3 is 2.65 bits per heavy atom. The van der Waals surface area contributed by atoms with Gasteiger partial charge >= 0.3 is 6.09 Å². The van der Waals surface area contributed by atoms with E-state index >= 15 is 0 Å². The number of nitrogens with one attached hydrogen (secondary N) is 1. The summed E-state index contributed by atoms with van der Waals surface area (Å²) < 4.78 is 10.8. The lowest BCUT2D eigenvalue weighted by molar-refractivity contribution is -0.133. The maximum absolute atomic E-state index is 12.7. The lowest BCUT2D eigenvalue weighted by Gasteiger charge is -2.40. The molecule has 0 aliphatic carbocycles. The molecular weight excluding hydrogens is 332 g/mol. The second kappa shape index (κ2) is 8.14. The zero-order valence-electron chi connectivity index (χ0n) is 16.6. The number of nitrogens with zero attached hydrogens (tertiary/aromatic N) is 1. The van der Waals surface area contributed by atoms with Gasteiger partial charge in [0.1, 0.15) is 11.4 Å². The molecule has 146 valence electrons. The second-order valence-corrected chi connectivity index (χ2v) is 8.57. The predicted molar refractivity (Wildman–Crippen MR) is 99.7 cm³/mol. The lowest BCUT2D eigenvalue weighted by Crippen LogP contribution is -2.50. The van der Waals surface area contributed by atoms with Gasteiger partial charge in [-0.2, -0.15) is 0 Å². The number of ether oxygens (including phenoxy) is 1. The van der Waals surface area contributed by atoms with E-state index in [2.05, 4.69) is 5.32 Å². The van der Waals surface area contributed by atoms with Gasteiger partial charge in [-0.05, 0) is 51.7 Å². The highest BCUT2D eigenvalue weighted by molar-refractivity contribution is 5.82. The average Bonchev–Trinajstić information content (AvgIpc) is 3.06. The van der Waals surface area contributed by atoms with Crippen LogP contribution in [0.3, 0.4) is 0 Å². The van der Waals surface area contributed by atoms with E-state index < -0.39 is 11.0 Å². The van der Waals surface area contributed by atoms with Crippen molar-refractivity contribution in [2.24, 2.45) is 11.3 Å². The minimum Gasteiger partial charge on any atom is -0.469 e. The predicted octanol–water partition coefficient (Wildman–Crippen LogP) is 3.61. The summed E-state index contributed by atoms with van der Waals surface area (Å²) in [5, 5.41) is 3.01. The first-order chi connectivity index (χ1) is 12.1. The number of amides is 2. The Balaban J connectivity index is 1.89. The molecule has 0 radical (unpaired) electrons. The van der Waals surface area contributed by atoms with Crippen molar-refractivity contribution in [1.82, 2.24) is 10.2 Å². The van der Waals surface area contributed by atoms with Crippen molar-refractivity contribution in [1.29, 1.82) is 0 Å². The molecule has 1 saturated heterocycles. The molecule has 0 aromatic carbocycles.